The van der Waals surface area contributed by atoms with Crippen molar-refractivity contribution < 1.29 is 49.3 Å². The summed E-state index contributed by atoms with van der Waals surface area (Å²) in [6, 6.07) is -0.821. The molecule has 1 aliphatic rings. The van der Waals surface area contributed by atoms with Crippen molar-refractivity contribution in [1.82, 2.24) is 5.32 Å². The highest BCUT2D eigenvalue weighted by molar-refractivity contribution is 5.76. The molecule has 1 rings (SSSR count). The van der Waals surface area contributed by atoms with Crippen molar-refractivity contribution in [3.63, 3.8) is 0 Å². The van der Waals surface area contributed by atoms with Crippen LogP contribution in [-0.4, -0.2) is 100 Å². The van der Waals surface area contributed by atoms with E-state index in [0.717, 1.165) is 51.4 Å². The minimum Gasteiger partial charge on any atom is -0.466 e. The van der Waals surface area contributed by atoms with E-state index >= 15 is 0 Å². The zero-order valence-electron chi connectivity index (χ0n) is 54.4. The zero-order valence-corrected chi connectivity index (χ0v) is 54.4. The van der Waals surface area contributed by atoms with Gasteiger partial charge in [0, 0.05) is 12.8 Å². The lowest BCUT2D eigenvalue weighted by molar-refractivity contribution is -0.302. The van der Waals surface area contributed by atoms with Crippen LogP contribution in [0.5, 0.6) is 0 Å². The summed E-state index contributed by atoms with van der Waals surface area (Å²) >= 11 is 0. The molecule has 0 bridgehead atoms. The predicted octanol–water partition coefficient (Wildman–Crippen LogP) is 18.4. The quantitative estimate of drug-likeness (QED) is 0.0195. The number of aliphatic hydroxyl groups is 5. The van der Waals surface area contributed by atoms with Crippen LogP contribution in [0.3, 0.4) is 0 Å². The number of ether oxygens (including phenoxy) is 3. The van der Waals surface area contributed by atoms with E-state index in [0.29, 0.717) is 19.4 Å². The Morgan fingerprint density at radius 2 is 0.783 bits per heavy atom. The van der Waals surface area contributed by atoms with E-state index in [1.807, 2.05) is 6.08 Å². The van der Waals surface area contributed by atoms with E-state index in [1.54, 1.807) is 6.08 Å². The smallest absolute Gasteiger partial charge is 0.305 e. The minimum atomic E-state index is -1.57. The molecule has 0 aromatic carbocycles. The fraction of sp³-hybridized carbons (Fsp3) is 0.917. The molecule has 7 atom stereocenters. The maximum absolute atomic E-state index is 13.0. The average Bonchev–Trinajstić information content (AvgIpc) is 3.69. The second-order valence-corrected chi connectivity index (χ2v) is 25.3. The number of carbonyl (C=O) groups excluding carboxylic acids is 2. The first-order valence-corrected chi connectivity index (χ1v) is 36.1. The molecule has 7 unspecified atom stereocenters. The lowest BCUT2D eigenvalue weighted by atomic mass is 9.99. The Kier molecular flexibility index (Phi) is 58.9. The van der Waals surface area contributed by atoms with Crippen LogP contribution in [0.15, 0.2) is 24.3 Å². The average molecular weight is 1180 g/mol. The van der Waals surface area contributed by atoms with Crippen LogP contribution in [0.25, 0.3) is 0 Å². The predicted molar refractivity (Wildman–Crippen MR) is 348 cm³/mol. The standard InChI is InChI=1S/C72H137NO10/c1-3-5-7-9-11-13-39-44-48-52-56-60-68(77)81-61-57-53-49-45-41-38-36-34-32-30-28-26-24-22-20-18-16-14-15-17-19-21-23-25-27-29-31-33-35-37-40-43-47-51-55-59-67(76)73-64(65(75)58-54-50-46-42-12-10-8-6-4-2)63-82-72-71(80)70(79)69(78)66(62-74)83-72/h12,42,54,58,64-66,69-72,74-75,78-80H,3-11,13-41,43-53,55-57,59-63H2,1-2H3,(H,73,76)/b42-12+,58-54+. The molecular weight excluding hydrogens is 1040 g/mol. The van der Waals surface area contributed by atoms with Crippen LogP contribution in [0.4, 0.5) is 0 Å². The first-order valence-electron chi connectivity index (χ1n) is 36.1. The van der Waals surface area contributed by atoms with Crippen molar-refractivity contribution >= 4 is 11.9 Å². The number of aliphatic hydroxyl groups excluding tert-OH is 5. The summed E-state index contributed by atoms with van der Waals surface area (Å²) in [7, 11) is 0. The number of nitrogens with one attached hydrogen (secondary N) is 1. The number of hydrogen-bond acceptors (Lipinski definition) is 10. The molecule has 0 aromatic rings. The summed E-state index contributed by atoms with van der Waals surface area (Å²) in [6.45, 7) is 4.31. The van der Waals surface area contributed by atoms with Crippen molar-refractivity contribution in [1.29, 1.82) is 0 Å². The minimum absolute atomic E-state index is 0.0159. The SMILES string of the molecule is CCCCC/C=C/CC/C=C/C(O)C(COC1OC(CO)C(O)C(O)C1O)NC(=O)CCCCCCCCCCCCCCCCCCCCCCCCCCCCCCCCCCCCCOC(=O)CCCCCCCCCCCCC. The van der Waals surface area contributed by atoms with Gasteiger partial charge in [0.2, 0.25) is 5.91 Å². The Morgan fingerprint density at radius 3 is 1.19 bits per heavy atom. The van der Waals surface area contributed by atoms with Crippen molar-refractivity contribution in [2.45, 2.75) is 403 Å². The van der Waals surface area contributed by atoms with Gasteiger partial charge in [-0.2, -0.15) is 0 Å². The second kappa shape index (κ2) is 61.8. The molecular formula is C72H137NO10. The number of hydrogen-bond donors (Lipinski definition) is 6. The number of esters is 1. The molecule has 11 nitrogen and oxygen atoms in total. The van der Waals surface area contributed by atoms with Gasteiger partial charge >= 0.3 is 5.97 Å². The Morgan fingerprint density at radius 1 is 0.434 bits per heavy atom. The molecule has 0 saturated carbocycles. The van der Waals surface area contributed by atoms with Crippen LogP contribution >= 0.6 is 0 Å². The summed E-state index contributed by atoms with van der Waals surface area (Å²) in [5, 5.41) is 54.3. The lowest BCUT2D eigenvalue weighted by Gasteiger charge is -2.40. The van der Waals surface area contributed by atoms with E-state index in [-0.39, 0.29) is 18.5 Å². The number of unbranched alkanes of at least 4 members (excludes halogenated alkanes) is 48. The third-order valence-corrected chi connectivity index (χ3v) is 17.3. The van der Waals surface area contributed by atoms with E-state index in [2.05, 4.69) is 31.3 Å². The first kappa shape index (κ1) is 79.2. The van der Waals surface area contributed by atoms with Crippen LogP contribution in [-0.2, 0) is 23.8 Å². The summed E-state index contributed by atoms with van der Waals surface area (Å²) in [6.07, 6.45) is 67.9. The van der Waals surface area contributed by atoms with Crippen LogP contribution < -0.4 is 5.32 Å². The van der Waals surface area contributed by atoms with Gasteiger partial charge in [0.05, 0.1) is 32.0 Å². The van der Waals surface area contributed by atoms with Gasteiger partial charge in [0.1, 0.15) is 24.4 Å². The molecule has 0 aromatic heterocycles. The molecule has 0 radical (unpaired) electrons. The van der Waals surface area contributed by atoms with Gasteiger partial charge < -0.3 is 45.1 Å². The highest BCUT2D eigenvalue weighted by Crippen LogP contribution is 2.23. The van der Waals surface area contributed by atoms with Crippen LogP contribution in [0.2, 0.25) is 0 Å². The first-order chi connectivity index (χ1) is 40.7. The van der Waals surface area contributed by atoms with Crippen molar-refractivity contribution in [2.75, 3.05) is 19.8 Å². The molecule has 1 amide bonds. The molecule has 6 N–H and O–H groups in total. The number of allylic oxidation sites excluding steroid dienone is 3. The maximum atomic E-state index is 13.0. The normalized spacial score (nSPS) is 18.2. The van der Waals surface area contributed by atoms with Crippen molar-refractivity contribution in [2.24, 2.45) is 0 Å². The van der Waals surface area contributed by atoms with Gasteiger partial charge in [-0.3, -0.25) is 9.59 Å². The number of amides is 1. The Bertz CT molecular complexity index is 1430. The second-order valence-electron chi connectivity index (χ2n) is 25.3. The van der Waals surface area contributed by atoms with E-state index in [1.165, 1.54) is 283 Å². The lowest BCUT2D eigenvalue weighted by Crippen LogP contribution is -2.60. The van der Waals surface area contributed by atoms with Crippen LogP contribution in [0.1, 0.15) is 361 Å². The topological polar surface area (TPSA) is 175 Å². The van der Waals surface area contributed by atoms with Gasteiger partial charge in [-0.25, -0.2) is 0 Å². The molecule has 0 aliphatic carbocycles. The molecule has 1 fully saturated rings. The maximum Gasteiger partial charge on any atom is 0.305 e. The van der Waals surface area contributed by atoms with E-state index < -0.39 is 49.5 Å². The van der Waals surface area contributed by atoms with Crippen molar-refractivity contribution in [3.8, 4) is 0 Å². The van der Waals surface area contributed by atoms with Gasteiger partial charge in [-0.05, 0) is 44.9 Å². The highest BCUT2D eigenvalue weighted by Gasteiger charge is 2.44. The van der Waals surface area contributed by atoms with Gasteiger partial charge in [0.15, 0.2) is 6.29 Å². The highest BCUT2D eigenvalue weighted by atomic mass is 16.7. The fourth-order valence-corrected chi connectivity index (χ4v) is 11.6. The summed E-state index contributed by atoms with van der Waals surface area (Å²) < 4.78 is 16.7. The molecule has 0 spiro atoms. The summed E-state index contributed by atoms with van der Waals surface area (Å²) in [4.78, 5) is 25.0. The Labute approximate surface area is 511 Å². The van der Waals surface area contributed by atoms with E-state index in [4.69, 9.17) is 14.2 Å². The summed E-state index contributed by atoms with van der Waals surface area (Å²) in [5.74, 6) is -0.172. The third kappa shape index (κ3) is 50.8. The number of carbonyl (C=O) groups is 2. The fourth-order valence-electron chi connectivity index (χ4n) is 11.6. The molecule has 1 saturated heterocycles. The van der Waals surface area contributed by atoms with Gasteiger partial charge in [-0.1, -0.05) is 327 Å². The molecule has 1 aliphatic heterocycles. The third-order valence-electron chi connectivity index (χ3n) is 17.3. The summed E-state index contributed by atoms with van der Waals surface area (Å²) in [5.41, 5.74) is 0. The molecule has 490 valence electrons. The Balaban J connectivity index is 1.88. The monoisotopic (exact) mass is 1180 g/mol. The number of rotatable bonds is 64. The van der Waals surface area contributed by atoms with Gasteiger partial charge in [-0.15, -0.1) is 0 Å². The van der Waals surface area contributed by atoms with Crippen LogP contribution in [0, 0.1) is 0 Å². The van der Waals surface area contributed by atoms with E-state index in [9.17, 15) is 35.1 Å². The van der Waals surface area contributed by atoms with Gasteiger partial charge in [0.25, 0.3) is 0 Å². The molecule has 83 heavy (non-hydrogen) atoms. The Hall–Kier alpha value is -1.86. The molecule has 1 heterocycles. The zero-order chi connectivity index (χ0) is 60.2. The largest absolute Gasteiger partial charge is 0.466 e. The molecule has 11 heteroatoms. The van der Waals surface area contributed by atoms with Crippen molar-refractivity contribution in [3.05, 3.63) is 24.3 Å².